The monoisotopic (exact) mass is 210 g/mol. The molecule has 0 radical (unpaired) electrons. The van der Waals surface area contributed by atoms with E-state index in [9.17, 15) is 4.79 Å². The molecule has 2 N–H and O–H groups in total. The molecule has 1 aromatic rings. The summed E-state index contributed by atoms with van der Waals surface area (Å²) >= 11 is 0. The number of hydrogen-bond donors (Lipinski definition) is 1. The summed E-state index contributed by atoms with van der Waals surface area (Å²) < 4.78 is 5.37. The normalized spacial score (nSPS) is 12.5. The van der Waals surface area contributed by atoms with E-state index in [2.05, 4.69) is 0 Å². The Kier molecular flexibility index (Phi) is 3.91. The first-order chi connectivity index (χ1) is 7.10. The lowest BCUT2D eigenvalue weighted by Gasteiger charge is -2.19. The van der Waals surface area contributed by atoms with Crippen LogP contribution in [0.25, 0.3) is 0 Å². The van der Waals surface area contributed by atoms with Crippen molar-refractivity contribution in [1.82, 2.24) is 0 Å². The van der Waals surface area contributed by atoms with Crippen molar-refractivity contribution in [2.75, 3.05) is 18.5 Å². The van der Waals surface area contributed by atoms with Crippen LogP contribution in [0, 0.1) is 12.8 Å². The van der Waals surface area contributed by atoms with Crippen LogP contribution in [0.1, 0.15) is 19.1 Å². The molecule has 1 aromatic heterocycles. The molecule has 0 saturated carbocycles. The van der Waals surface area contributed by atoms with E-state index in [0.29, 0.717) is 12.4 Å². The van der Waals surface area contributed by atoms with Gasteiger partial charge in [-0.25, -0.2) is 0 Å². The van der Waals surface area contributed by atoms with Crippen molar-refractivity contribution >= 4 is 11.8 Å². The van der Waals surface area contributed by atoms with Gasteiger partial charge in [0.05, 0.1) is 5.92 Å². The van der Waals surface area contributed by atoms with Crippen molar-refractivity contribution in [2.24, 2.45) is 11.7 Å². The topological polar surface area (TPSA) is 59.5 Å². The summed E-state index contributed by atoms with van der Waals surface area (Å²) in [6, 6.07) is 3.62. The van der Waals surface area contributed by atoms with Crippen LogP contribution < -0.4 is 10.6 Å². The molecule has 1 rings (SSSR count). The van der Waals surface area contributed by atoms with Gasteiger partial charge in [-0.15, -0.1) is 0 Å². The summed E-state index contributed by atoms with van der Waals surface area (Å²) in [6.07, 6.45) is 0.749. The van der Waals surface area contributed by atoms with E-state index < -0.39 is 0 Å². The number of hydrogen-bond acceptors (Lipinski definition) is 3. The molecule has 0 fully saturated rings. The van der Waals surface area contributed by atoms with Crippen molar-refractivity contribution in [3.05, 3.63) is 17.9 Å². The van der Waals surface area contributed by atoms with Gasteiger partial charge >= 0.3 is 0 Å². The predicted octanol–water partition coefficient (Wildman–Crippen LogP) is 1.54. The average molecular weight is 210 g/mol. The molecule has 0 aliphatic heterocycles. The van der Waals surface area contributed by atoms with Crippen LogP contribution in [0.15, 0.2) is 16.5 Å². The maximum atomic E-state index is 11.9. The Bertz CT molecular complexity index is 329. The van der Waals surface area contributed by atoms with Crippen LogP contribution in [0.2, 0.25) is 0 Å². The third-order valence-corrected chi connectivity index (χ3v) is 2.51. The number of nitrogens with zero attached hydrogens (tertiary/aromatic N) is 1. The third-order valence-electron chi connectivity index (χ3n) is 2.51. The zero-order valence-corrected chi connectivity index (χ0v) is 9.49. The lowest BCUT2D eigenvalue weighted by Crippen LogP contribution is -2.36. The first kappa shape index (κ1) is 11.8. The molecule has 0 aliphatic carbocycles. The van der Waals surface area contributed by atoms with Crippen molar-refractivity contribution in [3.63, 3.8) is 0 Å². The molecule has 0 bridgehead atoms. The van der Waals surface area contributed by atoms with Gasteiger partial charge in [0.1, 0.15) is 5.76 Å². The zero-order chi connectivity index (χ0) is 11.4. The van der Waals surface area contributed by atoms with Crippen LogP contribution in [-0.2, 0) is 4.79 Å². The largest absolute Gasteiger partial charge is 0.445 e. The first-order valence-electron chi connectivity index (χ1n) is 5.14. The van der Waals surface area contributed by atoms with Gasteiger partial charge in [0.2, 0.25) is 11.8 Å². The fourth-order valence-electron chi connectivity index (χ4n) is 1.43. The van der Waals surface area contributed by atoms with Crippen molar-refractivity contribution in [1.29, 1.82) is 0 Å². The number of aryl methyl sites for hydroxylation is 1. The number of furan rings is 1. The highest BCUT2D eigenvalue weighted by atomic mass is 16.4. The lowest BCUT2D eigenvalue weighted by atomic mass is 10.1. The first-order valence-corrected chi connectivity index (χ1v) is 5.14. The standard InChI is InChI=1S/C11H18N2O2/c1-4-9(7-12)11(14)13(3)10-6-5-8(2)15-10/h5-6,9H,4,7,12H2,1-3H3. The van der Waals surface area contributed by atoms with Crippen LogP contribution >= 0.6 is 0 Å². The summed E-state index contributed by atoms with van der Waals surface area (Å²) in [7, 11) is 1.71. The second-order valence-corrected chi connectivity index (χ2v) is 3.62. The number of rotatable bonds is 4. The van der Waals surface area contributed by atoms with Crippen LogP contribution in [0.5, 0.6) is 0 Å². The molecule has 0 aromatic carbocycles. The number of carbonyl (C=O) groups excluding carboxylic acids is 1. The Balaban J connectivity index is 2.76. The Morgan fingerprint density at radius 1 is 1.60 bits per heavy atom. The maximum Gasteiger partial charge on any atom is 0.233 e. The molecule has 0 aliphatic rings. The smallest absolute Gasteiger partial charge is 0.233 e. The molecule has 1 unspecified atom stereocenters. The lowest BCUT2D eigenvalue weighted by molar-refractivity contribution is -0.122. The number of anilines is 1. The summed E-state index contributed by atoms with van der Waals surface area (Å²) in [5.41, 5.74) is 5.53. The molecule has 0 spiro atoms. The predicted molar refractivity (Wildman–Crippen MR) is 59.7 cm³/mol. The van der Waals surface area contributed by atoms with Gasteiger partial charge in [0.15, 0.2) is 0 Å². The minimum absolute atomic E-state index is 0.00866. The maximum absolute atomic E-state index is 11.9. The van der Waals surface area contributed by atoms with E-state index in [0.717, 1.165) is 12.2 Å². The number of nitrogens with two attached hydrogens (primary N) is 1. The number of carbonyl (C=O) groups is 1. The molecule has 0 saturated heterocycles. The van der Waals surface area contributed by atoms with Gasteiger partial charge in [-0.05, 0) is 19.4 Å². The van der Waals surface area contributed by atoms with E-state index >= 15 is 0 Å². The van der Waals surface area contributed by atoms with E-state index in [1.165, 1.54) is 4.90 Å². The minimum atomic E-state index is -0.125. The van der Waals surface area contributed by atoms with Crippen molar-refractivity contribution in [3.8, 4) is 0 Å². The van der Waals surface area contributed by atoms with Gasteiger partial charge in [-0.3, -0.25) is 9.69 Å². The SMILES string of the molecule is CCC(CN)C(=O)N(C)c1ccc(C)o1. The fourth-order valence-corrected chi connectivity index (χ4v) is 1.43. The fraction of sp³-hybridized carbons (Fsp3) is 0.545. The highest BCUT2D eigenvalue weighted by Gasteiger charge is 2.21. The molecular weight excluding hydrogens is 192 g/mol. The summed E-state index contributed by atoms with van der Waals surface area (Å²) in [5.74, 6) is 1.25. The average Bonchev–Trinajstić information content (AvgIpc) is 2.65. The minimum Gasteiger partial charge on any atom is -0.445 e. The quantitative estimate of drug-likeness (QED) is 0.820. The Labute approximate surface area is 90.0 Å². The second-order valence-electron chi connectivity index (χ2n) is 3.62. The highest BCUT2D eigenvalue weighted by Crippen LogP contribution is 2.18. The van der Waals surface area contributed by atoms with Gasteiger partial charge in [-0.1, -0.05) is 6.92 Å². The molecule has 1 amide bonds. The van der Waals surface area contributed by atoms with Crippen molar-refractivity contribution < 1.29 is 9.21 Å². The Morgan fingerprint density at radius 2 is 2.27 bits per heavy atom. The van der Waals surface area contributed by atoms with Gasteiger partial charge in [0.25, 0.3) is 0 Å². The molecule has 84 valence electrons. The highest BCUT2D eigenvalue weighted by molar-refractivity contribution is 5.93. The third kappa shape index (κ3) is 2.59. The second kappa shape index (κ2) is 4.98. The van der Waals surface area contributed by atoms with E-state index in [1.807, 2.05) is 19.9 Å². The van der Waals surface area contributed by atoms with Crippen LogP contribution in [0.4, 0.5) is 5.88 Å². The van der Waals surface area contributed by atoms with Crippen LogP contribution in [0.3, 0.4) is 0 Å². The summed E-state index contributed by atoms with van der Waals surface area (Å²) in [4.78, 5) is 13.4. The van der Waals surface area contributed by atoms with E-state index in [1.54, 1.807) is 13.1 Å². The molecule has 4 nitrogen and oxygen atoms in total. The Morgan fingerprint density at radius 3 is 2.67 bits per heavy atom. The van der Waals surface area contributed by atoms with Crippen molar-refractivity contribution in [2.45, 2.75) is 20.3 Å². The van der Waals surface area contributed by atoms with E-state index in [4.69, 9.17) is 10.2 Å². The number of amides is 1. The Hall–Kier alpha value is -1.29. The molecule has 1 heterocycles. The summed E-state index contributed by atoms with van der Waals surface area (Å²) in [6.45, 7) is 4.18. The van der Waals surface area contributed by atoms with Gasteiger partial charge in [0, 0.05) is 19.7 Å². The molecule has 15 heavy (non-hydrogen) atoms. The van der Waals surface area contributed by atoms with Gasteiger partial charge in [-0.2, -0.15) is 0 Å². The van der Waals surface area contributed by atoms with E-state index in [-0.39, 0.29) is 11.8 Å². The molecular formula is C11H18N2O2. The molecule has 4 heteroatoms. The van der Waals surface area contributed by atoms with Crippen LogP contribution in [-0.4, -0.2) is 19.5 Å². The van der Waals surface area contributed by atoms with Gasteiger partial charge < -0.3 is 10.2 Å². The summed E-state index contributed by atoms with van der Waals surface area (Å²) in [5, 5.41) is 0. The zero-order valence-electron chi connectivity index (χ0n) is 9.49. The molecule has 1 atom stereocenters.